The molecule has 0 aromatic carbocycles. The number of hydrogen-bond acceptors (Lipinski definition) is 3. The Kier molecular flexibility index (Phi) is 2.72. The van der Waals surface area contributed by atoms with Gasteiger partial charge in [-0.3, -0.25) is 0 Å². The molecule has 6 heteroatoms. The van der Waals surface area contributed by atoms with E-state index in [9.17, 15) is 13.2 Å². The molecule has 72 valence electrons. The second-order valence-electron chi connectivity index (χ2n) is 2.24. The van der Waals surface area contributed by atoms with Crippen LogP contribution in [0.5, 0.6) is 0 Å². The highest BCUT2D eigenvalue weighted by atomic mass is 19.4. The summed E-state index contributed by atoms with van der Waals surface area (Å²) in [7, 11) is 0. The molecule has 3 nitrogen and oxygen atoms in total. The molecule has 0 bridgehead atoms. The lowest BCUT2D eigenvalue weighted by molar-refractivity contribution is -0.141. The van der Waals surface area contributed by atoms with Gasteiger partial charge in [-0.2, -0.15) is 13.2 Å². The normalized spacial score (nSPS) is 11.4. The third-order valence-corrected chi connectivity index (χ3v) is 1.30. The predicted molar refractivity (Wildman–Crippen MR) is 39.9 cm³/mol. The van der Waals surface area contributed by atoms with Gasteiger partial charge in [0.1, 0.15) is 18.2 Å². The van der Waals surface area contributed by atoms with Crippen LogP contribution >= 0.6 is 0 Å². The Morgan fingerprint density at radius 1 is 1.38 bits per heavy atom. The maximum Gasteiger partial charge on any atom is 0.433 e. The molecule has 0 saturated carbocycles. The molecule has 0 radical (unpaired) electrons. The van der Waals surface area contributed by atoms with Gasteiger partial charge in [0.05, 0.1) is 0 Å². The third-order valence-electron chi connectivity index (χ3n) is 1.30. The fraction of sp³-hybridized carbons (Fsp3) is 0.286. The van der Waals surface area contributed by atoms with Crippen LogP contribution in [0.2, 0.25) is 0 Å². The van der Waals surface area contributed by atoms with Crippen LogP contribution in [-0.4, -0.2) is 16.8 Å². The molecule has 1 aromatic heterocycles. The smallest absolute Gasteiger partial charge is 0.377 e. The van der Waals surface area contributed by atoms with E-state index in [-0.39, 0.29) is 5.82 Å². The van der Waals surface area contributed by atoms with Gasteiger partial charge < -0.3 is 10.4 Å². The number of alkyl halides is 3. The number of nitrogens with zero attached hydrogens (tertiary/aromatic N) is 1. The predicted octanol–water partition coefficient (Wildman–Crippen LogP) is 1.46. The summed E-state index contributed by atoms with van der Waals surface area (Å²) >= 11 is 0. The van der Waals surface area contributed by atoms with E-state index in [4.69, 9.17) is 5.11 Å². The van der Waals surface area contributed by atoms with Crippen molar-refractivity contribution in [3.05, 3.63) is 23.9 Å². The minimum absolute atomic E-state index is 0.00248. The fourth-order valence-corrected chi connectivity index (χ4v) is 0.772. The van der Waals surface area contributed by atoms with E-state index >= 15 is 0 Å². The van der Waals surface area contributed by atoms with Crippen LogP contribution in [0.1, 0.15) is 5.69 Å². The van der Waals surface area contributed by atoms with E-state index in [0.717, 1.165) is 6.07 Å². The minimum atomic E-state index is -4.45. The first-order valence-electron chi connectivity index (χ1n) is 3.43. The molecule has 0 atom stereocenters. The van der Waals surface area contributed by atoms with Gasteiger partial charge in [0.2, 0.25) is 0 Å². The maximum atomic E-state index is 12.1. The van der Waals surface area contributed by atoms with E-state index in [1.54, 1.807) is 0 Å². The van der Waals surface area contributed by atoms with Gasteiger partial charge in [-0.25, -0.2) is 4.98 Å². The molecule has 0 fully saturated rings. The summed E-state index contributed by atoms with van der Waals surface area (Å²) in [6, 6.07) is 3.42. The quantitative estimate of drug-likeness (QED) is 0.697. The molecule has 1 aromatic rings. The van der Waals surface area contributed by atoms with E-state index in [1.807, 2.05) is 0 Å². The monoisotopic (exact) mass is 192 g/mol. The number of halogens is 3. The van der Waals surface area contributed by atoms with Crippen molar-refractivity contribution in [1.29, 1.82) is 0 Å². The van der Waals surface area contributed by atoms with Crippen LogP contribution in [0.4, 0.5) is 19.0 Å². The Labute approximate surface area is 72.2 Å². The zero-order valence-corrected chi connectivity index (χ0v) is 6.47. The van der Waals surface area contributed by atoms with Gasteiger partial charge in [-0.05, 0) is 12.1 Å². The van der Waals surface area contributed by atoms with Crippen LogP contribution in [0.3, 0.4) is 0 Å². The third kappa shape index (κ3) is 2.59. The number of nitrogens with one attached hydrogen (secondary N) is 1. The van der Waals surface area contributed by atoms with Crippen molar-refractivity contribution in [2.75, 3.05) is 12.0 Å². The lowest BCUT2D eigenvalue weighted by Gasteiger charge is -2.07. The second kappa shape index (κ2) is 3.61. The van der Waals surface area contributed by atoms with Gasteiger partial charge >= 0.3 is 6.18 Å². The fourth-order valence-electron chi connectivity index (χ4n) is 0.772. The molecule has 0 saturated heterocycles. The number of rotatable bonds is 2. The second-order valence-corrected chi connectivity index (χ2v) is 2.24. The van der Waals surface area contributed by atoms with Crippen molar-refractivity contribution in [2.45, 2.75) is 6.18 Å². The Morgan fingerprint density at radius 2 is 2.08 bits per heavy atom. The van der Waals surface area contributed by atoms with Crippen molar-refractivity contribution < 1.29 is 18.3 Å². The summed E-state index contributed by atoms with van der Waals surface area (Å²) in [6.07, 6.45) is -4.45. The highest BCUT2D eigenvalue weighted by Crippen LogP contribution is 2.27. The SMILES string of the molecule is OCNc1cccc(C(F)(F)F)n1. The molecule has 1 heterocycles. The standard InChI is InChI=1S/C7H7F3N2O/c8-7(9,10)5-2-1-3-6(12-5)11-4-13/h1-3,13H,4H2,(H,11,12). The van der Waals surface area contributed by atoms with Gasteiger partial charge in [0, 0.05) is 0 Å². The molecule has 0 aliphatic heterocycles. The van der Waals surface area contributed by atoms with Gasteiger partial charge in [0.25, 0.3) is 0 Å². The van der Waals surface area contributed by atoms with Crippen LogP contribution in [0.25, 0.3) is 0 Å². The average Bonchev–Trinajstić information content (AvgIpc) is 2.04. The molecule has 2 N–H and O–H groups in total. The highest BCUT2D eigenvalue weighted by molar-refractivity contribution is 5.35. The summed E-state index contributed by atoms with van der Waals surface area (Å²) in [5, 5.41) is 10.6. The molecule has 1 rings (SSSR count). The van der Waals surface area contributed by atoms with Crippen molar-refractivity contribution >= 4 is 5.82 Å². The highest BCUT2D eigenvalue weighted by Gasteiger charge is 2.32. The molecular formula is C7H7F3N2O. The summed E-state index contributed by atoms with van der Waals surface area (Å²) in [6.45, 7) is -0.450. The van der Waals surface area contributed by atoms with E-state index in [2.05, 4.69) is 10.3 Å². The van der Waals surface area contributed by atoms with E-state index < -0.39 is 18.6 Å². The first kappa shape index (κ1) is 9.79. The maximum absolute atomic E-state index is 12.1. The van der Waals surface area contributed by atoms with Gasteiger partial charge in [-0.15, -0.1) is 0 Å². The Balaban J connectivity index is 2.92. The molecule has 0 aliphatic carbocycles. The zero-order chi connectivity index (χ0) is 9.90. The van der Waals surface area contributed by atoms with Crippen LogP contribution in [-0.2, 0) is 6.18 Å². The van der Waals surface area contributed by atoms with E-state index in [1.165, 1.54) is 12.1 Å². The first-order chi connectivity index (χ1) is 6.04. The number of anilines is 1. The number of aromatic nitrogens is 1. The number of aliphatic hydroxyl groups is 1. The summed E-state index contributed by atoms with van der Waals surface area (Å²) in [5.74, 6) is -0.00248. The summed E-state index contributed by atoms with van der Waals surface area (Å²) < 4.78 is 36.2. The molecule has 13 heavy (non-hydrogen) atoms. The van der Waals surface area contributed by atoms with Crippen molar-refractivity contribution in [3.63, 3.8) is 0 Å². The minimum Gasteiger partial charge on any atom is -0.377 e. The largest absolute Gasteiger partial charge is 0.433 e. The summed E-state index contributed by atoms with van der Waals surface area (Å²) in [4.78, 5) is 3.24. The number of pyridine rings is 1. The first-order valence-corrected chi connectivity index (χ1v) is 3.43. The number of aliphatic hydroxyl groups excluding tert-OH is 1. The van der Waals surface area contributed by atoms with Crippen molar-refractivity contribution in [2.24, 2.45) is 0 Å². The lowest BCUT2D eigenvalue weighted by Crippen LogP contribution is -2.10. The summed E-state index contributed by atoms with van der Waals surface area (Å²) in [5.41, 5.74) is -0.981. The molecule has 0 aliphatic rings. The van der Waals surface area contributed by atoms with Crippen molar-refractivity contribution in [1.82, 2.24) is 4.98 Å². The van der Waals surface area contributed by atoms with Crippen LogP contribution in [0, 0.1) is 0 Å². The molecule has 0 spiro atoms. The van der Waals surface area contributed by atoms with Gasteiger partial charge in [0.15, 0.2) is 0 Å². The molecule has 0 amide bonds. The Bertz CT molecular complexity index is 287. The van der Waals surface area contributed by atoms with E-state index in [0.29, 0.717) is 0 Å². The average molecular weight is 192 g/mol. The topological polar surface area (TPSA) is 45.1 Å². The number of hydrogen-bond donors (Lipinski definition) is 2. The van der Waals surface area contributed by atoms with Crippen molar-refractivity contribution in [3.8, 4) is 0 Å². The molecular weight excluding hydrogens is 185 g/mol. The molecule has 0 unspecified atom stereocenters. The zero-order valence-electron chi connectivity index (χ0n) is 6.47. The Morgan fingerprint density at radius 3 is 2.62 bits per heavy atom. The lowest BCUT2D eigenvalue weighted by atomic mass is 10.3. The van der Waals surface area contributed by atoms with Crippen LogP contribution < -0.4 is 5.32 Å². The Hall–Kier alpha value is -1.30. The van der Waals surface area contributed by atoms with Gasteiger partial charge in [-0.1, -0.05) is 6.07 Å². The van der Waals surface area contributed by atoms with Crippen LogP contribution in [0.15, 0.2) is 18.2 Å².